The SMILES string of the molecule is CC(CN)S(=O)Cc1cc(Br)cs1. The smallest absolute Gasteiger partial charge is 0.0583 e. The Bertz CT molecular complexity index is 300. The largest absolute Gasteiger partial charge is 0.329 e. The van der Waals surface area contributed by atoms with Crippen molar-refractivity contribution in [3.63, 3.8) is 0 Å². The molecule has 0 aliphatic heterocycles. The quantitative estimate of drug-likeness (QED) is 0.919. The number of thiophene rings is 1. The van der Waals surface area contributed by atoms with E-state index in [0.717, 1.165) is 9.35 Å². The molecule has 1 aromatic heterocycles. The third-order valence-electron chi connectivity index (χ3n) is 1.69. The van der Waals surface area contributed by atoms with Gasteiger partial charge in [0.15, 0.2) is 0 Å². The van der Waals surface area contributed by atoms with Crippen LogP contribution in [0.25, 0.3) is 0 Å². The fraction of sp³-hybridized carbons (Fsp3) is 0.500. The molecule has 0 saturated carbocycles. The second-order valence-corrected chi connectivity index (χ2v) is 6.57. The number of rotatable bonds is 4. The molecule has 0 amide bonds. The lowest BCUT2D eigenvalue weighted by molar-refractivity contribution is 0.673. The van der Waals surface area contributed by atoms with Gasteiger partial charge in [-0.2, -0.15) is 0 Å². The number of hydrogen-bond acceptors (Lipinski definition) is 3. The molecule has 0 spiro atoms. The van der Waals surface area contributed by atoms with Gasteiger partial charge in [0, 0.05) is 37.3 Å². The van der Waals surface area contributed by atoms with Crippen LogP contribution in [-0.4, -0.2) is 16.0 Å². The van der Waals surface area contributed by atoms with Crippen LogP contribution in [0.2, 0.25) is 0 Å². The molecule has 1 heterocycles. The lowest BCUT2D eigenvalue weighted by atomic mass is 10.5. The molecule has 2 nitrogen and oxygen atoms in total. The van der Waals surface area contributed by atoms with Crippen molar-refractivity contribution in [1.82, 2.24) is 0 Å². The zero-order valence-electron chi connectivity index (χ0n) is 7.33. The molecular weight excluding hydrogens is 270 g/mol. The molecule has 0 fully saturated rings. The molecule has 0 bridgehead atoms. The molecule has 0 aliphatic rings. The Morgan fingerprint density at radius 3 is 2.92 bits per heavy atom. The van der Waals surface area contributed by atoms with Crippen molar-refractivity contribution in [3.8, 4) is 0 Å². The second-order valence-electron chi connectivity index (χ2n) is 2.80. The Kier molecular flexibility index (Phi) is 4.58. The highest BCUT2D eigenvalue weighted by atomic mass is 79.9. The summed E-state index contributed by atoms with van der Waals surface area (Å²) >= 11 is 4.99. The van der Waals surface area contributed by atoms with Gasteiger partial charge in [-0.25, -0.2) is 0 Å². The van der Waals surface area contributed by atoms with E-state index >= 15 is 0 Å². The molecule has 5 heteroatoms. The lowest BCUT2D eigenvalue weighted by Crippen LogP contribution is -2.22. The average Bonchev–Trinajstić information content (AvgIpc) is 2.49. The molecule has 1 rings (SSSR count). The van der Waals surface area contributed by atoms with E-state index in [9.17, 15) is 4.21 Å². The van der Waals surface area contributed by atoms with Gasteiger partial charge in [-0.3, -0.25) is 4.21 Å². The Morgan fingerprint density at radius 2 is 2.46 bits per heavy atom. The summed E-state index contributed by atoms with van der Waals surface area (Å²) in [7, 11) is -0.838. The molecule has 0 radical (unpaired) electrons. The van der Waals surface area contributed by atoms with Gasteiger partial charge < -0.3 is 5.73 Å². The predicted molar refractivity (Wildman–Crippen MR) is 62.4 cm³/mol. The van der Waals surface area contributed by atoms with Crippen molar-refractivity contribution >= 4 is 38.1 Å². The van der Waals surface area contributed by atoms with Gasteiger partial charge in [0.25, 0.3) is 0 Å². The van der Waals surface area contributed by atoms with Gasteiger partial charge in [-0.1, -0.05) is 0 Å². The van der Waals surface area contributed by atoms with Gasteiger partial charge in [-0.05, 0) is 28.9 Å². The molecule has 74 valence electrons. The summed E-state index contributed by atoms with van der Waals surface area (Å²) in [5.74, 6) is 0.620. The van der Waals surface area contributed by atoms with E-state index in [1.807, 2.05) is 18.4 Å². The van der Waals surface area contributed by atoms with E-state index in [1.165, 1.54) is 0 Å². The van der Waals surface area contributed by atoms with Gasteiger partial charge in [0.05, 0.1) is 5.75 Å². The summed E-state index contributed by atoms with van der Waals surface area (Å²) in [5.41, 5.74) is 5.43. The molecule has 0 aromatic carbocycles. The molecular formula is C8H12BrNOS2. The normalized spacial score (nSPS) is 15.6. The third-order valence-corrected chi connectivity index (χ3v) is 5.25. The maximum Gasteiger partial charge on any atom is 0.0583 e. The summed E-state index contributed by atoms with van der Waals surface area (Å²) in [6, 6.07) is 2.01. The van der Waals surface area contributed by atoms with Crippen LogP contribution in [-0.2, 0) is 16.6 Å². The molecule has 2 unspecified atom stereocenters. The Hall–Kier alpha value is 0.290. The van der Waals surface area contributed by atoms with Crippen LogP contribution < -0.4 is 5.73 Å². The van der Waals surface area contributed by atoms with Crippen molar-refractivity contribution in [3.05, 3.63) is 20.8 Å². The van der Waals surface area contributed by atoms with Gasteiger partial charge in [0.2, 0.25) is 0 Å². The fourth-order valence-corrected chi connectivity index (χ4v) is 3.54. The van der Waals surface area contributed by atoms with Crippen LogP contribution in [0.15, 0.2) is 15.9 Å². The van der Waals surface area contributed by atoms with E-state index in [1.54, 1.807) is 11.3 Å². The minimum absolute atomic E-state index is 0.0841. The van der Waals surface area contributed by atoms with Gasteiger partial charge >= 0.3 is 0 Å². The average molecular weight is 282 g/mol. The first-order valence-corrected chi connectivity index (χ1v) is 6.99. The topological polar surface area (TPSA) is 43.1 Å². The van der Waals surface area contributed by atoms with Crippen molar-refractivity contribution < 1.29 is 4.21 Å². The second kappa shape index (κ2) is 5.24. The lowest BCUT2D eigenvalue weighted by Gasteiger charge is -2.06. The number of hydrogen-bond donors (Lipinski definition) is 1. The first kappa shape index (κ1) is 11.4. The maximum absolute atomic E-state index is 11.6. The number of halogens is 1. The molecule has 0 aliphatic carbocycles. The Balaban J connectivity index is 2.54. The predicted octanol–water partition coefficient (Wildman–Crippen LogP) is 2.11. The Labute approximate surface area is 93.1 Å². The summed E-state index contributed by atoms with van der Waals surface area (Å²) in [6.45, 7) is 2.40. The molecule has 0 saturated heterocycles. The molecule has 13 heavy (non-hydrogen) atoms. The highest BCUT2D eigenvalue weighted by Gasteiger charge is 2.10. The summed E-state index contributed by atoms with van der Waals surface area (Å²) in [6.07, 6.45) is 0. The van der Waals surface area contributed by atoms with Gasteiger partial charge in [0.1, 0.15) is 0 Å². The van der Waals surface area contributed by atoms with E-state index in [0.29, 0.717) is 12.3 Å². The van der Waals surface area contributed by atoms with Gasteiger partial charge in [-0.15, -0.1) is 11.3 Å². The van der Waals surface area contributed by atoms with Crippen LogP contribution in [0.4, 0.5) is 0 Å². The molecule has 1 aromatic rings. The van der Waals surface area contributed by atoms with Crippen molar-refractivity contribution in [1.29, 1.82) is 0 Å². The molecule has 2 atom stereocenters. The minimum atomic E-state index is -0.838. The van der Waals surface area contributed by atoms with E-state index in [4.69, 9.17) is 5.73 Å². The molecule has 2 N–H and O–H groups in total. The van der Waals surface area contributed by atoms with Crippen LogP contribution in [0.3, 0.4) is 0 Å². The summed E-state index contributed by atoms with van der Waals surface area (Å²) in [4.78, 5) is 1.14. The van der Waals surface area contributed by atoms with Crippen LogP contribution >= 0.6 is 27.3 Å². The highest BCUT2D eigenvalue weighted by molar-refractivity contribution is 9.10. The van der Waals surface area contributed by atoms with E-state index in [2.05, 4.69) is 15.9 Å². The zero-order valence-corrected chi connectivity index (χ0v) is 10.5. The maximum atomic E-state index is 11.6. The first-order valence-electron chi connectivity index (χ1n) is 3.93. The minimum Gasteiger partial charge on any atom is -0.329 e. The van der Waals surface area contributed by atoms with Crippen LogP contribution in [0.5, 0.6) is 0 Å². The van der Waals surface area contributed by atoms with E-state index < -0.39 is 10.8 Å². The van der Waals surface area contributed by atoms with Crippen molar-refractivity contribution in [2.24, 2.45) is 5.73 Å². The summed E-state index contributed by atoms with van der Waals surface area (Å²) in [5, 5.41) is 2.08. The zero-order chi connectivity index (χ0) is 9.84. The van der Waals surface area contributed by atoms with Crippen molar-refractivity contribution in [2.45, 2.75) is 17.9 Å². The van der Waals surface area contributed by atoms with Crippen LogP contribution in [0.1, 0.15) is 11.8 Å². The standard InChI is InChI=1S/C8H12BrNOS2/c1-6(3-10)13(11)5-8-2-7(9)4-12-8/h2,4,6H,3,5,10H2,1H3. The monoisotopic (exact) mass is 281 g/mol. The van der Waals surface area contributed by atoms with Crippen molar-refractivity contribution in [2.75, 3.05) is 6.54 Å². The Morgan fingerprint density at radius 1 is 1.77 bits per heavy atom. The number of nitrogens with two attached hydrogens (primary N) is 1. The highest BCUT2D eigenvalue weighted by Crippen LogP contribution is 2.21. The summed E-state index contributed by atoms with van der Waals surface area (Å²) < 4.78 is 12.6. The van der Waals surface area contributed by atoms with E-state index in [-0.39, 0.29) is 5.25 Å². The first-order chi connectivity index (χ1) is 6.13. The third kappa shape index (κ3) is 3.50. The fourth-order valence-electron chi connectivity index (χ4n) is 0.819. The van der Waals surface area contributed by atoms with Crippen LogP contribution in [0, 0.1) is 0 Å².